The van der Waals surface area contributed by atoms with Crippen molar-refractivity contribution in [1.82, 2.24) is 15.5 Å². The van der Waals surface area contributed by atoms with Gasteiger partial charge in [-0.05, 0) is 37.1 Å². The number of hydrogen-bond donors (Lipinski definition) is 1. The quantitative estimate of drug-likeness (QED) is 0.657. The molecule has 27 heavy (non-hydrogen) atoms. The maximum absolute atomic E-state index is 13.2. The number of amides is 1. The molecule has 1 heterocycles. The molecule has 1 saturated carbocycles. The molecule has 0 unspecified atom stereocenters. The number of thioether (sulfide) groups is 1. The zero-order chi connectivity index (χ0) is 18.6. The van der Waals surface area contributed by atoms with Crippen LogP contribution in [0, 0.1) is 5.82 Å². The summed E-state index contributed by atoms with van der Waals surface area (Å²) in [5, 5.41) is 14.4. The number of carbonyl (C=O) groups excluding carboxylic acids is 1. The van der Waals surface area contributed by atoms with E-state index in [9.17, 15) is 9.18 Å². The largest absolute Gasteiger partial charge is 0.353 e. The van der Waals surface area contributed by atoms with E-state index in [1.54, 1.807) is 12.1 Å². The van der Waals surface area contributed by atoms with Crippen LogP contribution < -0.4 is 5.32 Å². The smallest absolute Gasteiger partial charge is 0.230 e. The van der Waals surface area contributed by atoms with Crippen molar-refractivity contribution in [3.63, 3.8) is 0 Å². The second-order valence-electron chi connectivity index (χ2n) is 6.74. The summed E-state index contributed by atoms with van der Waals surface area (Å²) in [4.78, 5) is 12.2. The van der Waals surface area contributed by atoms with Gasteiger partial charge in [0.2, 0.25) is 5.91 Å². The van der Waals surface area contributed by atoms with Gasteiger partial charge >= 0.3 is 0 Å². The Bertz CT molecular complexity index is 955. The van der Waals surface area contributed by atoms with E-state index in [4.69, 9.17) is 0 Å². The van der Waals surface area contributed by atoms with Crippen LogP contribution in [0.2, 0.25) is 0 Å². The van der Waals surface area contributed by atoms with Crippen LogP contribution >= 0.6 is 11.8 Å². The van der Waals surface area contributed by atoms with Crippen molar-refractivity contribution in [1.29, 1.82) is 0 Å². The molecule has 1 aromatic heterocycles. The van der Waals surface area contributed by atoms with Crippen molar-refractivity contribution < 1.29 is 9.18 Å². The second kappa shape index (κ2) is 8.05. The highest BCUT2D eigenvalue weighted by Crippen LogP contribution is 2.31. The Morgan fingerprint density at radius 1 is 1.04 bits per heavy atom. The first-order chi connectivity index (χ1) is 13.2. The lowest BCUT2D eigenvalue weighted by Crippen LogP contribution is -2.33. The average Bonchev–Trinajstić information content (AvgIpc) is 3.20. The molecule has 0 radical (unpaired) electrons. The maximum atomic E-state index is 13.2. The maximum Gasteiger partial charge on any atom is 0.230 e. The summed E-state index contributed by atoms with van der Waals surface area (Å²) in [5.74, 6) is 0.0855. The SMILES string of the molecule is O=C(CSc1nnc(-c2ccc(F)cc2)c2ccccc12)NC1CCCC1. The van der Waals surface area contributed by atoms with E-state index in [0.29, 0.717) is 17.5 Å². The predicted octanol–water partition coefficient (Wildman–Crippen LogP) is 4.59. The molecule has 2 aromatic carbocycles. The van der Waals surface area contributed by atoms with E-state index in [1.807, 2.05) is 24.3 Å². The van der Waals surface area contributed by atoms with Gasteiger partial charge in [-0.1, -0.05) is 48.9 Å². The lowest BCUT2D eigenvalue weighted by molar-refractivity contribution is -0.119. The summed E-state index contributed by atoms with van der Waals surface area (Å²) in [6, 6.07) is 14.4. The third-order valence-electron chi connectivity index (χ3n) is 4.83. The fourth-order valence-corrected chi connectivity index (χ4v) is 4.26. The molecule has 0 saturated heterocycles. The third-order valence-corrected chi connectivity index (χ3v) is 5.81. The van der Waals surface area contributed by atoms with Gasteiger partial charge in [0.25, 0.3) is 0 Å². The van der Waals surface area contributed by atoms with Crippen LogP contribution in [0.1, 0.15) is 25.7 Å². The van der Waals surface area contributed by atoms with Gasteiger partial charge in [-0.2, -0.15) is 0 Å². The number of rotatable bonds is 5. The molecule has 138 valence electrons. The molecule has 6 heteroatoms. The van der Waals surface area contributed by atoms with E-state index in [2.05, 4.69) is 15.5 Å². The van der Waals surface area contributed by atoms with Crippen LogP contribution in [0.3, 0.4) is 0 Å². The monoisotopic (exact) mass is 381 g/mol. The highest BCUT2D eigenvalue weighted by atomic mass is 32.2. The minimum Gasteiger partial charge on any atom is -0.353 e. The Hall–Kier alpha value is -2.47. The topological polar surface area (TPSA) is 54.9 Å². The first-order valence-corrected chi connectivity index (χ1v) is 10.1. The number of nitrogens with zero attached hydrogens (tertiary/aromatic N) is 2. The highest BCUT2D eigenvalue weighted by molar-refractivity contribution is 8.00. The van der Waals surface area contributed by atoms with Crippen LogP contribution in [-0.4, -0.2) is 27.9 Å². The number of carbonyl (C=O) groups is 1. The standard InChI is InChI=1S/C21H20FN3OS/c22-15-11-9-14(10-12-15)20-17-7-3-4-8-18(17)21(25-24-20)27-13-19(26)23-16-5-1-2-6-16/h3-4,7-12,16H,1-2,5-6,13H2,(H,23,26). The van der Waals surface area contributed by atoms with Gasteiger partial charge in [-0.15, -0.1) is 10.2 Å². The summed E-state index contributed by atoms with van der Waals surface area (Å²) in [6.07, 6.45) is 4.54. The zero-order valence-electron chi connectivity index (χ0n) is 14.8. The van der Waals surface area contributed by atoms with E-state index in [-0.39, 0.29) is 11.7 Å². The minimum absolute atomic E-state index is 0.0420. The van der Waals surface area contributed by atoms with Crippen LogP contribution in [-0.2, 0) is 4.79 Å². The van der Waals surface area contributed by atoms with Crippen molar-refractivity contribution in [3.05, 3.63) is 54.3 Å². The Labute approximate surface area is 161 Å². The summed E-state index contributed by atoms with van der Waals surface area (Å²) < 4.78 is 13.2. The van der Waals surface area contributed by atoms with Gasteiger partial charge in [0, 0.05) is 22.4 Å². The van der Waals surface area contributed by atoms with Crippen molar-refractivity contribution in [2.75, 3.05) is 5.75 Å². The minimum atomic E-state index is -0.281. The Kier molecular flexibility index (Phi) is 5.34. The normalized spacial score (nSPS) is 14.6. The van der Waals surface area contributed by atoms with E-state index >= 15 is 0 Å². The number of halogens is 1. The van der Waals surface area contributed by atoms with Crippen LogP contribution in [0.5, 0.6) is 0 Å². The third kappa shape index (κ3) is 4.11. The first-order valence-electron chi connectivity index (χ1n) is 9.14. The van der Waals surface area contributed by atoms with Gasteiger partial charge in [0.1, 0.15) is 16.5 Å². The molecule has 4 nitrogen and oxygen atoms in total. The fraction of sp³-hybridized carbons (Fsp3) is 0.286. The lowest BCUT2D eigenvalue weighted by atomic mass is 10.1. The summed E-state index contributed by atoms with van der Waals surface area (Å²) in [5.41, 5.74) is 1.53. The van der Waals surface area contributed by atoms with Gasteiger partial charge in [0.15, 0.2) is 0 Å². The Morgan fingerprint density at radius 3 is 2.48 bits per heavy atom. The molecule has 1 fully saturated rings. The van der Waals surface area contributed by atoms with Gasteiger partial charge in [-0.25, -0.2) is 4.39 Å². The van der Waals surface area contributed by atoms with Crippen LogP contribution in [0.4, 0.5) is 4.39 Å². The Balaban J connectivity index is 1.56. The molecular formula is C21H20FN3OS. The molecule has 1 aliphatic carbocycles. The Morgan fingerprint density at radius 2 is 1.74 bits per heavy atom. The summed E-state index contributed by atoms with van der Waals surface area (Å²) in [6.45, 7) is 0. The van der Waals surface area contributed by atoms with Crippen LogP contribution in [0.15, 0.2) is 53.6 Å². The molecule has 4 rings (SSSR count). The molecular weight excluding hydrogens is 361 g/mol. The lowest BCUT2D eigenvalue weighted by Gasteiger charge is -2.12. The molecule has 1 aliphatic rings. The van der Waals surface area contributed by atoms with Crippen molar-refractivity contribution >= 4 is 28.4 Å². The van der Waals surface area contributed by atoms with Crippen molar-refractivity contribution in [2.24, 2.45) is 0 Å². The number of nitrogens with one attached hydrogen (secondary N) is 1. The number of benzene rings is 2. The first kappa shape index (κ1) is 17.9. The molecule has 1 N–H and O–H groups in total. The number of hydrogen-bond acceptors (Lipinski definition) is 4. The van der Waals surface area contributed by atoms with Gasteiger partial charge < -0.3 is 5.32 Å². The van der Waals surface area contributed by atoms with Gasteiger partial charge in [0.05, 0.1) is 5.75 Å². The van der Waals surface area contributed by atoms with Crippen molar-refractivity contribution in [3.8, 4) is 11.3 Å². The number of aromatic nitrogens is 2. The van der Waals surface area contributed by atoms with E-state index in [0.717, 1.165) is 34.2 Å². The van der Waals surface area contributed by atoms with Gasteiger partial charge in [-0.3, -0.25) is 4.79 Å². The fourth-order valence-electron chi connectivity index (χ4n) is 3.48. The molecule has 0 atom stereocenters. The molecule has 1 amide bonds. The summed E-state index contributed by atoms with van der Waals surface area (Å²) in [7, 11) is 0. The summed E-state index contributed by atoms with van der Waals surface area (Å²) >= 11 is 1.40. The van der Waals surface area contributed by atoms with E-state index < -0.39 is 0 Å². The molecule has 3 aromatic rings. The average molecular weight is 381 g/mol. The molecule has 0 aliphatic heterocycles. The molecule has 0 bridgehead atoms. The van der Waals surface area contributed by atoms with Crippen molar-refractivity contribution in [2.45, 2.75) is 36.8 Å². The zero-order valence-corrected chi connectivity index (χ0v) is 15.6. The number of fused-ring (bicyclic) bond motifs is 1. The van der Waals surface area contributed by atoms with Crippen LogP contribution in [0.25, 0.3) is 22.0 Å². The predicted molar refractivity (Wildman–Crippen MR) is 106 cm³/mol. The molecule has 0 spiro atoms. The second-order valence-corrected chi connectivity index (χ2v) is 7.71. The highest BCUT2D eigenvalue weighted by Gasteiger charge is 2.18. The van der Waals surface area contributed by atoms with E-state index in [1.165, 1.54) is 36.7 Å².